The molecule has 4 aromatic carbocycles. The summed E-state index contributed by atoms with van der Waals surface area (Å²) in [5, 5.41) is 17.3. The molecule has 0 saturated carbocycles. The van der Waals surface area contributed by atoms with Gasteiger partial charge in [-0.1, -0.05) is 74.2 Å². The lowest BCUT2D eigenvalue weighted by Gasteiger charge is -2.27. The van der Waals surface area contributed by atoms with Crippen molar-refractivity contribution in [1.29, 1.82) is 0 Å². The second-order valence-electron chi connectivity index (χ2n) is 13.9. The number of unbranched alkanes of at least 4 members (excludes halogenated alkanes) is 5. The summed E-state index contributed by atoms with van der Waals surface area (Å²) in [4.78, 5) is 75.6. The zero-order chi connectivity index (χ0) is 40.3. The van der Waals surface area contributed by atoms with Crippen LogP contribution in [0.1, 0.15) is 88.0 Å². The van der Waals surface area contributed by atoms with E-state index in [9.17, 15) is 28.8 Å². The average Bonchev–Trinajstić information content (AvgIpc) is 3.49. The zero-order valence-corrected chi connectivity index (χ0v) is 31.6. The molecule has 4 aromatic rings. The van der Waals surface area contributed by atoms with Crippen LogP contribution in [0.4, 0.5) is 5.69 Å². The highest BCUT2D eigenvalue weighted by molar-refractivity contribution is 6.25. The highest BCUT2D eigenvalue weighted by Gasteiger charge is 2.45. The molecule has 2 heterocycles. The number of ether oxygens (including phenoxy) is 1. The van der Waals surface area contributed by atoms with Gasteiger partial charge in [0, 0.05) is 36.8 Å². The smallest absolute Gasteiger partial charge is 0.267 e. The van der Waals surface area contributed by atoms with Gasteiger partial charge < -0.3 is 15.4 Å². The van der Waals surface area contributed by atoms with Gasteiger partial charge in [-0.05, 0) is 89.6 Å². The minimum atomic E-state index is -0.996. The number of nitrogens with zero attached hydrogens (tertiary/aromatic N) is 1. The first kappa shape index (κ1) is 40.1. The van der Waals surface area contributed by atoms with Crippen molar-refractivity contribution < 1.29 is 38.7 Å². The molecule has 2 aliphatic heterocycles. The lowest BCUT2D eigenvalue weighted by atomic mass is 9.96. The second kappa shape index (κ2) is 18.8. The molecular formula is C44H45N5O8. The summed E-state index contributed by atoms with van der Waals surface area (Å²) in [6, 6.07) is 25.0. The number of hydrogen-bond acceptors (Lipinski definition) is 9. The maximum atomic E-state index is 13.3. The Morgan fingerprint density at radius 2 is 1.47 bits per heavy atom. The molecule has 6 rings (SSSR count). The fourth-order valence-electron chi connectivity index (χ4n) is 7.06. The number of hydrogen-bond donors (Lipinski definition) is 5. The summed E-state index contributed by atoms with van der Waals surface area (Å²) in [5.41, 5.74) is 7.76. The van der Waals surface area contributed by atoms with E-state index < -0.39 is 35.6 Å². The number of carbonyl (C=O) groups is 6. The van der Waals surface area contributed by atoms with Crippen LogP contribution in [0.3, 0.4) is 0 Å². The molecule has 13 heteroatoms. The van der Waals surface area contributed by atoms with Gasteiger partial charge in [-0.3, -0.25) is 44.2 Å². The highest BCUT2D eigenvalue weighted by atomic mass is 16.5. The maximum Gasteiger partial charge on any atom is 0.267 e. The van der Waals surface area contributed by atoms with E-state index in [2.05, 4.69) is 16.0 Å². The van der Waals surface area contributed by atoms with E-state index in [-0.39, 0.29) is 29.9 Å². The average molecular weight is 772 g/mol. The zero-order valence-electron chi connectivity index (χ0n) is 31.6. The molecule has 13 nitrogen and oxygen atoms in total. The van der Waals surface area contributed by atoms with E-state index in [0.717, 1.165) is 71.2 Å². The van der Waals surface area contributed by atoms with E-state index in [1.807, 2.05) is 60.7 Å². The Kier molecular flexibility index (Phi) is 13.2. The Morgan fingerprint density at radius 3 is 2.16 bits per heavy atom. The van der Waals surface area contributed by atoms with Crippen molar-refractivity contribution in [3.05, 3.63) is 113 Å². The number of amides is 6. The number of carbonyl (C=O) groups excluding carboxylic acids is 6. The second-order valence-corrected chi connectivity index (χ2v) is 13.9. The van der Waals surface area contributed by atoms with E-state index >= 15 is 0 Å². The molecule has 1 saturated heterocycles. The quantitative estimate of drug-likeness (QED) is 0.0277. The fourth-order valence-corrected chi connectivity index (χ4v) is 7.06. The molecule has 1 atom stereocenters. The van der Waals surface area contributed by atoms with E-state index in [0.29, 0.717) is 30.1 Å². The molecule has 1 fully saturated rings. The number of hydroxylamine groups is 1. The summed E-state index contributed by atoms with van der Waals surface area (Å²) in [6.07, 6.45) is 8.79. The first-order valence-electron chi connectivity index (χ1n) is 19.1. The third kappa shape index (κ3) is 9.62. The predicted octanol–water partition coefficient (Wildman–Crippen LogP) is 6.13. The maximum absolute atomic E-state index is 13.3. The van der Waals surface area contributed by atoms with E-state index in [4.69, 9.17) is 9.94 Å². The molecule has 0 spiro atoms. The lowest BCUT2D eigenvalue weighted by molar-refractivity contribution is -0.136. The number of rotatable bonds is 17. The van der Waals surface area contributed by atoms with Crippen LogP contribution in [0.25, 0.3) is 28.3 Å². The molecule has 57 heavy (non-hydrogen) atoms. The van der Waals surface area contributed by atoms with Crippen LogP contribution in [0.15, 0.2) is 91.0 Å². The highest BCUT2D eigenvalue weighted by Crippen LogP contribution is 2.33. The van der Waals surface area contributed by atoms with Gasteiger partial charge in [0.15, 0.2) is 0 Å². The van der Waals surface area contributed by atoms with Crippen LogP contribution in [0.5, 0.6) is 5.75 Å². The fraction of sp³-hybridized carbons (Fsp3) is 0.273. The minimum Gasteiger partial charge on any atom is -0.497 e. The van der Waals surface area contributed by atoms with Gasteiger partial charge in [-0.25, -0.2) is 5.48 Å². The van der Waals surface area contributed by atoms with Crippen LogP contribution in [-0.2, 0) is 14.4 Å². The SMILES string of the molecule is COc1ccc(/C=C/C(=O)NO)c(-c2ccc(-c3ccc(C(=O)NCCCCCCCCNc4cccc5c4C(=O)N(C4CCC(=O)NC4=O)C5=O)cc3)cc2)c1. The Hall–Kier alpha value is -6.60. The van der Waals surface area contributed by atoms with Gasteiger partial charge >= 0.3 is 0 Å². The van der Waals surface area contributed by atoms with Crippen molar-refractivity contribution in [2.75, 3.05) is 25.5 Å². The number of benzene rings is 4. The third-order valence-electron chi connectivity index (χ3n) is 10.1. The molecule has 0 bridgehead atoms. The number of imide groups is 2. The van der Waals surface area contributed by atoms with Gasteiger partial charge in [0.25, 0.3) is 23.6 Å². The Balaban J connectivity index is 0.892. The van der Waals surface area contributed by atoms with Gasteiger partial charge in [-0.15, -0.1) is 0 Å². The summed E-state index contributed by atoms with van der Waals surface area (Å²) in [7, 11) is 1.59. The minimum absolute atomic E-state index is 0.0743. The van der Waals surface area contributed by atoms with Crippen LogP contribution in [0, 0.1) is 0 Å². The van der Waals surface area contributed by atoms with Crippen LogP contribution in [0.2, 0.25) is 0 Å². The van der Waals surface area contributed by atoms with Crippen molar-refractivity contribution in [2.45, 2.75) is 57.4 Å². The molecule has 2 aliphatic rings. The molecule has 0 aliphatic carbocycles. The largest absolute Gasteiger partial charge is 0.497 e. The van der Waals surface area contributed by atoms with Gasteiger partial charge in [0.2, 0.25) is 11.8 Å². The standard InChI is InChI=1S/C44H45N5O8/c1-57-33-21-19-31(20-23-39(51)48-56)35(27-33)30-15-11-28(12-16-30)29-13-17-32(18-14-29)41(52)46-26-7-5-3-2-4-6-25-45-36-10-8-9-34-40(36)44(55)49(43(34)54)37-22-24-38(50)47-42(37)53/h8-21,23,27,37,45,56H,2-7,22,24-26H2,1H3,(H,46,52)(H,48,51)(H,47,50,53)/b23-20+. The summed E-state index contributed by atoms with van der Waals surface area (Å²) >= 11 is 0. The third-order valence-corrected chi connectivity index (χ3v) is 10.1. The molecule has 6 amide bonds. The number of anilines is 1. The monoisotopic (exact) mass is 771 g/mol. The van der Waals surface area contributed by atoms with Gasteiger partial charge in [0.05, 0.1) is 18.2 Å². The van der Waals surface area contributed by atoms with Crippen molar-refractivity contribution in [2.24, 2.45) is 0 Å². The van der Waals surface area contributed by atoms with E-state index in [1.54, 1.807) is 42.9 Å². The molecule has 1 unspecified atom stereocenters. The molecule has 0 radical (unpaired) electrons. The van der Waals surface area contributed by atoms with Crippen LogP contribution in [-0.4, -0.2) is 71.8 Å². The number of methoxy groups -OCH3 is 1. The molecule has 0 aromatic heterocycles. The van der Waals surface area contributed by atoms with E-state index in [1.165, 1.54) is 6.08 Å². The number of piperidine rings is 1. The predicted molar refractivity (Wildman–Crippen MR) is 214 cm³/mol. The van der Waals surface area contributed by atoms with Crippen LogP contribution >= 0.6 is 0 Å². The van der Waals surface area contributed by atoms with Crippen molar-refractivity contribution in [3.8, 4) is 28.0 Å². The van der Waals surface area contributed by atoms with Crippen molar-refractivity contribution >= 4 is 47.2 Å². The Morgan fingerprint density at radius 1 is 0.807 bits per heavy atom. The molecule has 5 N–H and O–H groups in total. The Labute approximate surface area is 330 Å². The molecule has 294 valence electrons. The normalized spacial score (nSPS) is 15.1. The first-order valence-corrected chi connectivity index (χ1v) is 19.1. The van der Waals surface area contributed by atoms with Crippen LogP contribution < -0.4 is 26.2 Å². The van der Waals surface area contributed by atoms with Crippen molar-refractivity contribution in [1.82, 2.24) is 21.0 Å². The summed E-state index contributed by atoms with van der Waals surface area (Å²) in [5.74, 6) is -2.16. The topological polar surface area (TPSA) is 183 Å². The van der Waals surface area contributed by atoms with Crippen molar-refractivity contribution in [3.63, 3.8) is 0 Å². The first-order chi connectivity index (χ1) is 27.7. The number of nitrogens with one attached hydrogen (secondary N) is 4. The summed E-state index contributed by atoms with van der Waals surface area (Å²) in [6.45, 7) is 1.20. The van der Waals surface area contributed by atoms with Gasteiger partial charge in [0.1, 0.15) is 11.8 Å². The van der Waals surface area contributed by atoms with Gasteiger partial charge in [-0.2, -0.15) is 0 Å². The summed E-state index contributed by atoms with van der Waals surface area (Å²) < 4.78 is 5.40. The Bertz CT molecular complexity index is 2180. The lowest BCUT2D eigenvalue weighted by Crippen LogP contribution is -2.54. The number of fused-ring (bicyclic) bond motifs is 1. The molecular weight excluding hydrogens is 727 g/mol.